The van der Waals surface area contributed by atoms with E-state index in [-0.39, 0.29) is 12.1 Å². The van der Waals surface area contributed by atoms with Gasteiger partial charge in [-0.2, -0.15) is 13.2 Å². The van der Waals surface area contributed by atoms with Gasteiger partial charge in [0.2, 0.25) is 0 Å². The number of aliphatic hydroxyl groups excluding tert-OH is 1. The summed E-state index contributed by atoms with van der Waals surface area (Å²) in [6, 6.07) is -0.00928. The van der Waals surface area contributed by atoms with Crippen molar-refractivity contribution in [2.45, 2.75) is 57.3 Å². The van der Waals surface area contributed by atoms with Gasteiger partial charge < -0.3 is 5.11 Å². The molecule has 1 aliphatic carbocycles. The van der Waals surface area contributed by atoms with Crippen LogP contribution < -0.4 is 0 Å². The van der Waals surface area contributed by atoms with Crippen molar-refractivity contribution in [3.8, 4) is 0 Å². The molecule has 2 nitrogen and oxygen atoms in total. The first-order chi connectivity index (χ1) is 7.42. The molecule has 0 heterocycles. The number of alkyl halides is 3. The predicted molar refractivity (Wildman–Crippen MR) is 56.2 cm³/mol. The van der Waals surface area contributed by atoms with Gasteiger partial charge in [0.1, 0.15) is 0 Å². The van der Waals surface area contributed by atoms with Crippen LogP contribution in [0.1, 0.15) is 39.0 Å². The molecule has 0 saturated heterocycles. The van der Waals surface area contributed by atoms with Crippen molar-refractivity contribution in [2.24, 2.45) is 0 Å². The maximum Gasteiger partial charge on any atom is 0.401 e. The molecule has 1 N–H and O–H groups in total. The lowest BCUT2D eigenvalue weighted by Crippen LogP contribution is -2.44. The Balaban J connectivity index is 2.49. The minimum Gasteiger partial charge on any atom is -0.393 e. The van der Waals surface area contributed by atoms with Crippen LogP contribution in [0.25, 0.3) is 0 Å². The molecule has 0 aromatic rings. The van der Waals surface area contributed by atoms with Gasteiger partial charge in [0.05, 0.1) is 12.6 Å². The summed E-state index contributed by atoms with van der Waals surface area (Å²) >= 11 is 0. The van der Waals surface area contributed by atoms with Crippen molar-refractivity contribution in [2.75, 3.05) is 13.1 Å². The molecular weight excluding hydrogens is 219 g/mol. The molecule has 0 radical (unpaired) electrons. The third-order valence-corrected chi connectivity index (χ3v) is 3.08. The molecule has 5 heteroatoms. The van der Waals surface area contributed by atoms with Crippen molar-refractivity contribution in [1.29, 1.82) is 0 Å². The summed E-state index contributed by atoms with van der Waals surface area (Å²) in [5.41, 5.74) is 0. The zero-order chi connectivity index (χ0) is 12.2. The normalized spacial score (nSPS) is 27.4. The van der Waals surface area contributed by atoms with Gasteiger partial charge in [0.25, 0.3) is 0 Å². The lowest BCUT2D eigenvalue weighted by atomic mass is 9.92. The van der Waals surface area contributed by atoms with Crippen molar-refractivity contribution >= 4 is 0 Å². The van der Waals surface area contributed by atoms with E-state index >= 15 is 0 Å². The fourth-order valence-electron chi connectivity index (χ4n) is 2.33. The van der Waals surface area contributed by atoms with Crippen molar-refractivity contribution in [1.82, 2.24) is 4.90 Å². The van der Waals surface area contributed by atoms with Crippen molar-refractivity contribution in [3.63, 3.8) is 0 Å². The Morgan fingerprint density at radius 1 is 1.19 bits per heavy atom. The average molecular weight is 239 g/mol. The van der Waals surface area contributed by atoms with Gasteiger partial charge in [-0.05, 0) is 38.6 Å². The van der Waals surface area contributed by atoms with E-state index in [1.54, 1.807) is 0 Å². The van der Waals surface area contributed by atoms with Gasteiger partial charge >= 0.3 is 6.18 Å². The smallest absolute Gasteiger partial charge is 0.393 e. The second-order valence-electron chi connectivity index (χ2n) is 4.55. The van der Waals surface area contributed by atoms with Gasteiger partial charge in [-0.3, -0.25) is 4.90 Å². The van der Waals surface area contributed by atoms with E-state index in [4.69, 9.17) is 0 Å². The summed E-state index contributed by atoms with van der Waals surface area (Å²) in [6.07, 6.45) is -1.09. The molecule has 0 spiro atoms. The van der Waals surface area contributed by atoms with E-state index in [2.05, 4.69) is 0 Å². The largest absolute Gasteiger partial charge is 0.401 e. The van der Waals surface area contributed by atoms with Gasteiger partial charge in [-0.25, -0.2) is 0 Å². The van der Waals surface area contributed by atoms with Crippen LogP contribution in [0.5, 0.6) is 0 Å². The zero-order valence-corrected chi connectivity index (χ0v) is 9.63. The van der Waals surface area contributed by atoms with Crippen LogP contribution in [0.2, 0.25) is 0 Å². The second kappa shape index (κ2) is 5.87. The molecule has 0 aromatic heterocycles. The Bertz CT molecular complexity index is 200. The van der Waals surface area contributed by atoms with Gasteiger partial charge in [-0.1, -0.05) is 6.92 Å². The van der Waals surface area contributed by atoms with E-state index in [0.29, 0.717) is 32.2 Å². The van der Waals surface area contributed by atoms with Gasteiger partial charge in [0.15, 0.2) is 0 Å². The minimum atomic E-state index is -4.12. The molecule has 0 unspecified atom stereocenters. The highest BCUT2D eigenvalue weighted by Gasteiger charge is 2.34. The Morgan fingerprint density at radius 3 is 2.19 bits per heavy atom. The SMILES string of the molecule is CCCN(CC(F)(F)F)C1CCC(O)CC1. The number of rotatable bonds is 4. The van der Waals surface area contributed by atoms with Gasteiger partial charge in [-0.15, -0.1) is 0 Å². The summed E-state index contributed by atoms with van der Waals surface area (Å²) in [7, 11) is 0. The molecule has 1 aliphatic rings. The predicted octanol–water partition coefficient (Wildman–Crippen LogP) is 2.56. The molecule has 0 aliphatic heterocycles. The van der Waals surface area contributed by atoms with Crippen LogP contribution in [0.15, 0.2) is 0 Å². The highest BCUT2D eigenvalue weighted by atomic mass is 19.4. The summed E-state index contributed by atoms with van der Waals surface area (Å²) < 4.78 is 37.1. The van der Waals surface area contributed by atoms with E-state index in [0.717, 1.165) is 6.42 Å². The summed E-state index contributed by atoms with van der Waals surface area (Å²) in [6.45, 7) is 1.56. The fourth-order valence-corrected chi connectivity index (χ4v) is 2.33. The van der Waals surface area contributed by atoms with E-state index in [9.17, 15) is 18.3 Å². The topological polar surface area (TPSA) is 23.5 Å². The van der Waals surface area contributed by atoms with E-state index < -0.39 is 12.7 Å². The van der Waals surface area contributed by atoms with Gasteiger partial charge in [0, 0.05) is 6.04 Å². The zero-order valence-electron chi connectivity index (χ0n) is 9.63. The Kier molecular flexibility index (Phi) is 5.05. The lowest BCUT2D eigenvalue weighted by molar-refractivity contribution is -0.153. The Morgan fingerprint density at radius 2 is 1.75 bits per heavy atom. The third-order valence-electron chi connectivity index (χ3n) is 3.08. The van der Waals surface area contributed by atoms with Crippen LogP contribution >= 0.6 is 0 Å². The lowest BCUT2D eigenvalue weighted by Gasteiger charge is -2.35. The second-order valence-corrected chi connectivity index (χ2v) is 4.55. The van der Waals surface area contributed by atoms with Crippen LogP contribution in [-0.2, 0) is 0 Å². The highest BCUT2D eigenvalue weighted by molar-refractivity contribution is 4.80. The van der Waals surface area contributed by atoms with Crippen LogP contribution in [0.3, 0.4) is 0 Å². The first-order valence-corrected chi connectivity index (χ1v) is 5.91. The summed E-state index contributed by atoms with van der Waals surface area (Å²) in [5, 5.41) is 9.33. The molecule has 1 saturated carbocycles. The summed E-state index contributed by atoms with van der Waals surface area (Å²) in [5.74, 6) is 0. The Hall–Kier alpha value is -0.290. The maximum atomic E-state index is 12.4. The first-order valence-electron chi connectivity index (χ1n) is 5.91. The number of halogens is 3. The number of hydrogen-bond acceptors (Lipinski definition) is 2. The van der Waals surface area contributed by atoms with Crippen LogP contribution in [0, 0.1) is 0 Å². The molecule has 16 heavy (non-hydrogen) atoms. The number of aliphatic hydroxyl groups is 1. The molecule has 0 atom stereocenters. The monoisotopic (exact) mass is 239 g/mol. The molecule has 96 valence electrons. The quantitative estimate of drug-likeness (QED) is 0.815. The average Bonchev–Trinajstić information content (AvgIpc) is 2.16. The molecule has 1 fully saturated rings. The third kappa shape index (κ3) is 4.70. The molecule has 1 rings (SSSR count). The highest BCUT2D eigenvalue weighted by Crippen LogP contribution is 2.26. The van der Waals surface area contributed by atoms with Crippen LogP contribution in [-0.4, -0.2) is 41.4 Å². The van der Waals surface area contributed by atoms with E-state index in [1.165, 1.54) is 4.90 Å². The first kappa shape index (κ1) is 13.8. The minimum absolute atomic E-state index is 0.00928. The fraction of sp³-hybridized carbons (Fsp3) is 1.00. The number of hydrogen-bond donors (Lipinski definition) is 1. The molecule has 0 amide bonds. The van der Waals surface area contributed by atoms with Crippen molar-refractivity contribution < 1.29 is 18.3 Å². The molecule has 0 aromatic carbocycles. The maximum absolute atomic E-state index is 12.4. The number of nitrogens with zero attached hydrogens (tertiary/aromatic N) is 1. The standard InChI is InChI=1S/C11H20F3NO/c1-2-7-15(8-11(12,13)14)9-3-5-10(16)6-4-9/h9-10,16H,2-8H2,1H3. The molecule has 0 bridgehead atoms. The van der Waals surface area contributed by atoms with Crippen molar-refractivity contribution in [3.05, 3.63) is 0 Å². The van der Waals surface area contributed by atoms with E-state index in [1.807, 2.05) is 6.92 Å². The Labute approximate surface area is 94.4 Å². The van der Waals surface area contributed by atoms with Crippen LogP contribution in [0.4, 0.5) is 13.2 Å². The summed E-state index contributed by atoms with van der Waals surface area (Å²) in [4.78, 5) is 1.52. The molecular formula is C11H20F3NO.